The minimum atomic E-state index is -0.373. The lowest BCUT2D eigenvalue weighted by molar-refractivity contribution is 0.101. The van der Waals surface area contributed by atoms with E-state index in [4.69, 9.17) is 23.2 Å². The van der Waals surface area contributed by atoms with Crippen LogP contribution in [0.2, 0.25) is 10.0 Å². The van der Waals surface area contributed by atoms with Crippen LogP contribution in [0.1, 0.15) is 27.0 Å². The van der Waals surface area contributed by atoms with E-state index in [2.05, 4.69) is 10.3 Å². The third-order valence-electron chi connectivity index (χ3n) is 3.40. The van der Waals surface area contributed by atoms with Crippen LogP contribution in [-0.2, 0) is 0 Å². The largest absolute Gasteiger partial charge is 0.298 e. The molecule has 0 atom stereocenters. The number of carbonyl (C=O) groups is 2. The van der Waals surface area contributed by atoms with Crippen molar-refractivity contribution in [2.75, 3.05) is 5.32 Å². The highest BCUT2D eigenvalue weighted by Gasteiger charge is 2.18. The molecule has 126 valence electrons. The summed E-state index contributed by atoms with van der Waals surface area (Å²) in [6, 6.07) is 14.0. The Bertz CT molecular complexity index is 955. The standard InChI is InChI=1S/C18H12Cl2N2O2S/c1-10(23)16-15(11-5-3-2-4-6-11)21-18(25-16)22-17(24)12-7-8-13(19)14(20)9-12/h2-9H,1H3,(H,21,22,24). The van der Waals surface area contributed by atoms with Gasteiger partial charge in [-0.25, -0.2) is 4.98 Å². The number of anilines is 1. The molecule has 0 aliphatic rings. The second-order valence-corrected chi connectivity index (χ2v) is 7.02. The number of nitrogens with one attached hydrogen (secondary N) is 1. The van der Waals surface area contributed by atoms with Crippen molar-refractivity contribution < 1.29 is 9.59 Å². The molecule has 25 heavy (non-hydrogen) atoms. The van der Waals surface area contributed by atoms with Gasteiger partial charge in [0.05, 0.1) is 20.6 Å². The molecule has 1 heterocycles. The molecule has 2 aromatic carbocycles. The van der Waals surface area contributed by atoms with Gasteiger partial charge in [0.15, 0.2) is 10.9 Å². The average Bonchev–Trinajstić information content (AvgIpc) is 3.02. The van der Waals surface area contributed by atoms with Crippen molar-refractivity contribution in [1.82, 2.24) is 4.98 Å². The lowest BCUT2D eigenvalue weighted by Crippen LogP contribution is -2.11. The van der Waals surface area contributed by atoms with E-state index >= 15 is 0 Å². The second kappa shape index (κ2) is 7.35. The van der Waals surface area contributed by atoms with Crippen molar-refractivity contribution in [2.45, 2.75) is 6.92 Å². The molecule has 0 saturated heterocycles. The number of thiazole rings is 1. The number of aromatic nitrogens is 1. The Labute approximate surface area is 158 Å². The van der Waals surface area contributed by atoms with E-state index in [1.54, 1.807) is 12.1 Å². The lowest BCUT2D eigenvalue weighted by Gasteiger charge is -2.03. The number of benzene rings is 2. The summed E-state index contributed by atoms with van der Waals surface area (Å²) < 4.78 is 0. The molecular formula is C18H12Cl2N2O2S. The van der Waals surface area contributed by atoms with Gasteiger partial charge < -0.3 is 0 Å². The minimum absolute atomic E-state index is 0.105. The van der Waals surface area contributed by atoms with Gasteiger partial charge in [0.2, 0.25) is 0 Å². The Balaban J connectivity index is 1.91. The van der Waals surface area contributed by atoms with Gasteiger partial charge in [0, 0.05) is 18.1 Å². The lowest BCUT2D eigenvalue weighted by atomic mass is 10.1. The maximum atomic E-state index is 12.4. The molecule has 3 aromatic rings. The maximum Gasteiger partial charge on any atom is 0.257 e. The van der Waals surface area contributed by atoms with Crippen molar-refractivity contribution in [3.8, 4) is 11.3 Å². The first kappa shape index (κ1) is 17.6. The Morgan fingerprint density at radius 3 is 2.40 bits per heavy atom. The fourth-order valence-corrected chi connectivity index (χ4v) is 3.39. The van der Waals surface area contributed by atoms with Gasteiger partial charge in [-0.05, 0) is 18.2 Å². The number of halogens is 2. The SMILES string of the molecule is CC(=O)c1sc(NC(=O)c2ccc(Cl)c(Cl)c2)nc1-c1ccccc1. The van der Waals surface area contributed by atoms with Gasteiger partial charge in [0.1, 0.15) is 0 Å². The zero-order chi connectivity index (χ0) is 18.0. The van der Waals surface area contributed by atoms with Crippen molar-refractivity contribution in [3.63, 3.8) is 0 Å². The van der Waals surface area contributed by atoms with Crippen LogP contribution in [-0.4, -0.2) is 16.7 Å². The number of carbonyl (C=O) groups excluding carboxylic acids is 2. The minimum Gasteiger partial charge on any atom is -0.298 e. The van der Waals surface area contributed by atoms with Gasteiger partial charge in [-0.1, -0.05) is 64.9 Å². The van der Waals surface area contributed by atoms with Crippen molar-refractivity contribution >= 4 is 51.4 Å². The number of hydrogen-bond donors (Lipinski definition) is 1. The fraction of sp³-hybridized carbons (Fsp3) is 0.0556. The molecule has 7 heteroatoms. The molecule has 0 fully saturated rings. The summed E-state index contributed by atoms with van der Waals surface area (Å²) in [4.78, 5) is 29.2. The monoisotopic (exact) mass is 390 g/mol. The number of nitrogens with zero attached hydrogens (tertiary/aromatic N) is 1. The van der Waals surface area contributed by atoms with Gasteiger partial charge in [0.25, 0.3) is 5.91 Å². The van der Waals surface area contributed by atoms with Gasteiger partial charge in [-0.2, -0.15) is 0 Å². The predicted octanol–water partition coefficient (Wildman–Crippen LogP) is 5.57. The van der Waals surface area contributed by atoms with Crippen LogP contribution in [0.15, 0.2) is 48.5 Å². The van der Waals surface area contributed by atoms with Crippen LogP contribution in [0.5, 0.6) is 0 Å². The van der Waals surface area contributed by atoms with E-state index in [9.17, 15) is 9.59 Å². The predicted molar refractivity (Wildman–Crippen MR) is 102 cm³/mol. The molecule has 0 saturated carbocycles. The van der Waals surface area contributed by atoms with Crippen LogP contribution in [0.4, 0.5) is 5.13 Å². The first-order valence-corrected chi connectivity index (χ1v) is 8.86. The molecule has 0 aliphatic carbocycles. The van der Waals surface area contributed by atoms with Crippen molar-refractivity contribution in [1.29, 1.82) is 0 Å². The fourth-order valence-electron chi connectivity index (χ4n) is 2.21. The van der Waals surface area contributed by atoms with E-state index in [1.165, 1.54) is 13.0 Å². The third kappa shape index (κ3) is 3.90. The molecule has 1 amide bonds. The average molecular weight is 391 g/mol. The van der Waals surface area contributed by atoms with E-state index < -0.39 is 0 Å². The van der Waals surface area contributed by atoms with Crippen LogP contribution in [0.25, 0.3) is 11.3 Å². The number of Topliss-reactive ketones (excluding diaryl/α,β-unsaturated/α-hetero) is 1. The van der Waals surface area contributed by atoms with Gasteiger partial charge >= 0.3 is 0 Å². The Morgan fingerprint density at radius 1 is 1.04 bits per heavy atom. The summed E-state index contributed by atoms with van der Waals surface area (Å²) in [5.41, 5.74) is 1.73. The van der Waals surface area contributed by atoms with Crippen LogP contribution in [0.3, 0.4) is 0 Å². The number of rotatable bonds is 4. The maximum absolute atomic E-state index is 12.4. The first-order chi connectivity index (χ1) is 12.0. The summed E-state index contributed by atoms with van der Waals surface area (Å²) in [5.74, 6) is -0.478. The van der Waals surface area contributed by atoms with E-state index in [1.807, 2.05) is 30.3 Å². The first-order valence-electron chi connectivity index (χ1n) is 7.29. The molecule has 1 N–H and O–H groups in total. The van der Waals surface area contributed by atoms with Crippen molar-refractivity contribution in [2.24, 2.45) is 0 Å². The molecule has 0 aliphatic heterocycles. The molecule has 0 spiro atoms. The summed E-state index contributed by atoms with van der Waals surface area (Å²) in [6.45, 7) is 1.48. The quantitative estimate of drug-likeness (QED) is 0.592. The molecular weight excluding hydrogens is 379 g/mol. The summed E-state index contributed by atoms with van der Waals surface area (Å²) in [6.07, 6.45) is 0. The normalized spacial score (nSPS) is 10.5. The highest BCUT2D eigenvalue weighted by atomic mass is 35.5. The smallest absolute Gasteiger partial charge is 0.257 e. The molecule has 3 rings (SSSR count). The van der Waals surface area contributed by atoms with Crippen LogP contribution < -0.4 is 5.32 Å². The number of ketones is 1. The Kier molecular flexibility index (Phi) is 5.18. The Hall–Kier alpha value is -2.21. The van der Waals surface area contributed by atoms with Crippen molar-refractivity contribution in [3.05, 3.63) is 69.0 Å². The third-order valence-corrected chi connectivity index (χ3v) is 5.21. The number of amides is 1. The van der Waals surface area contributed by atoms with E-state index in [-0.39, 0.29) is 11.7 Å². The van der Waals surface area contributed by atoms with Gasteiger partial charge in [-0.15, -0.1) is 0 Å². The highest BCUT2D eigenvalue weighted by Crippen LogP contribution is 2.32. The van der Waals surface area contributed by atoms with Crippen LogP contribution in [0, 0.1) is 0 Å². The molecule has 0 unspecified atom stereocenters. The molecule has 4 nitrogen and oxygen atoms in total. The zero-order valence-corrected chi connectivity index (χ0v) is 15.4. The number of hydrogen-bond acceptors (Lipinski definition) is 4. The summed E-state index contributed by atoms with van der Waals surface area (Å²) in [7, 11) is 0. The Morgan fingerprint density at radius 2 is 1.76 bits per heavy atom. The second-order valence-electron chi connectivity index (χ2n) is 5.20. The zero-order valence-electron chi connectivity index (χ0n) is 13.0. The van der Waals surface area contributed by atoms with Crippen LogP contribution >= 0.6 is 34.5 Å². The summed E-state index contributed by atoms with van der Waals surface area (Å²) in [5, 5.41) is 3.72. The molecule has 0 bridgehead atoms. The van der Waals surface area contributed by atoms with E-state index in [0.717, 1.165) is 16.9 Å². The molecule has 1 aromatic heterocycles. The highest BCUT2D eigenvalue weighted by molar-refractivity contribution is 7.18. The topological polar surface area (TPSA) is 59.1 Å². The summed E-state index contributed by atoms with van der Waals surface area (Å²) >= 11 is 12.9. The van der Waals surface area contributed by atoms with E-state index in [0.29, 0.717) is 31.3 Å². The van der Waals surface area contributed by atoms with Gasteiger partial charge in [-0.3, -0.25) is 14.9 Å². The molecule has 0 radical (unpaired) electrons.